The molecule has 168 valence electrons. The molecule has 3 heterocycles. The minimum absolute atomic E-state index is 0.0674. The number of anilines is 2. The number of hydrogen-bond acceptors (Lipinski definition) is 6. The SMILES string of the molecule is CCCCOc1nc(N)c2c(n1)N(CCCCCC1CCN(C(C)C)CC1)C(=O)C2. The summed E-state index contributed by atoms with van der Waals surface area (Å²) in [7, 11) is 0. The van der Waals surface area contributed by atoms with Gasteiger partial charge in [-0.3, -0.25) is 9.69 Å². The molecule has 0 atom stereocenters. The number of nitrogen functional groups attached to an aromatic ring is 1. The maximum Gasteiger partial charge on any atom is 0.320 e. The lowest BCUT2D eigenvalue weighted by Crippen LogP contribution is -2.38. The van der Waals surface area contributed by atoms with E-state index in [1.54, 1.807) is 4.90 Å². The third-order valence-electron chi connectivity index (χ3n) is 6.48. The van der Waals surface area contributed by atoms with Crippen molar-refractivity contribution >= 4 is 17.5 Å². The Hall–Kier alpha value is -1.89. The third-order valence-corrected chi connectivity index (χ3v) is 6.48. The second kappa shape index (κ2) is 10.9. The van der Waals surface area contributed by atoms with Crippen LogP contribution in [0.25, 0.3) is 0 Å². The van der Waals surface area contributed by atoms with Crippen LogP contribution in [0.2, 0.25) is 0 Å². The average molecular weight is 418 g/mol. The fraction of sp³-hybridized carbons (Fsp3) is 0.783. The first kappa shape index (κ1) is 22.8. The number of carbonyl (C=O) groups is 1. The van der Waals surface area contributed by atoms with Gasteiger partial charge in [-0.15, -0.1) is 0 Å². The number of likely N-dealkylation sites (tertiary alicyclic amines) is 1. The molecule has 7 nitrogen and oxygen atoms in total. The Balaban J connectivity index is 1.43. The summed E-state index contributed by atoms with van der Waals surface area (Å²) in [6.07, 6.45) is 9.61. The van der Waals surface area contributed by atoms with Crippen LogP contribution in [0.1, 0.15) is 77.7 Å². The van der Waals surface area contributed by atoms with E-state index in [-0.39, 0.29) is 11.9 Å². The highest BCUT2D eigenvalue weighted by Crippen LogP contribution is 2.32. The van der Waals surface area contributed by atoms with Gasteiger partial charge in [0.1, 0.15) is 11.6 Å². The number of rotatable bonds is 11. The van der Waals surface area contributed by atoms with E-state index in [4.69, 9.17) is 10.5 Å². The number of carbonyl (C=O) groups excluding carboxylic acids is 1. The minimum Gasteiger partial charge on any atom is -0.463 e. The summed E-state index contributed by atoms with van der Waals surface area (Å²) in [4.78, 5) is 25.6. The van der Waals surface area contributed by atoms with Crippen LogP contribution in [0.3, 0.4) is 0 Å². The Kier molecular flexibility index (Phi) is 8.31. The van der Waals surface area contributed by atoms with E-state index < -0.39 is 0 Å². The van der Waals surface area contributed by atoms with Crippen LogP contribution < -0.4 is 15.4 Å². The normalized spacial score (nSPS) is 17.7. The Morgan fingerprint density at radius 3 is 2.60 bits per heavy atom. The van der Waals surface area contributed by atoms with E-state index in [0.29, 0.717) is 37.3 Å². The summed E-state index contributed by atoms with van der Waals surface area (Å²) in [6, 6.07) is 0.953. The molecule has 2 aliphatic rings. The van der Waals surface area contributed by atoms with Crippen molar-refractivity contribution in [3.63, 3.8) is 0 Å². The smallest absolute Gasteiger partial charge is 0.320 e. The molecule has 2 N–H and O–H groups in total. The standard InChI is InChI=1S/C23H39N5O2/c1-4-5-15-30-23-25-21(24)19-16-20(29)28(22(19)26-23)12-8-6-7-9-18-10-13-27(14-11-18)17(2)3/h17-18H,4-16H2,1-3H3,(H2,24,25,26). The highest BCUT2D eigenvalue weighted by molar-refractivity contribution is 6.01. The first-order valence-electron chi connectivity index (χ1n) is 11.8. The zero-order valence-corrected chi connectivity index (χ0v) is 19.0. The Labute approximate surface area is 181 Å². The molecular formula is C23H39N5O2. The number of ether oxygens (including phenoxy) is 1. The van der Waals surface area contributed by atoms with Crippen molar-refractivity contribution in [1.29, 1.82) is 0 Å². The van der Waals surface area contributed by atoms with Gasteiger partial charge in [0.2, 0.25) is 5.91 Å². The van der Waals surface area contributed by atoms with Crippen molar-refractivity contribution in [1.82, 2.24) is 14.9 Å². The summed E-state index contributed by atoms with van der Waals surface area (Å²) in [5.74, 6) is 1.96. The minimum atomic E-state index is 0.0674. The number of hydrogen-bond donors (Lipinski definition) is 1. The maximum atomic E-state index is 12.5. The number of nitrogens with zero attached hydrogens (tertiary/aromatic N) is 4. The van der Waals surface area contributed by atoms with E-state index in [1.807, 2.05) is 0 Å². The Morgan fingerprint density at radius 2 is 1.90 bits per heavy atom. The van der Waals surface area contributed by atoms with Crippen molar-refractivity contribution in [2.24, 2.45) is 5.92 Å². The molecule has 7 heteroatoms. The zero-order chi connectivity index (χ0) is 21.5. The molecule has 0 radical (unpaired) electrons. The summed E-state index contributed by atoms with van der Waals surface area (Å²) < 4.78 is 5.62. The van der Waals surface area contributed by atoms with Gasteiger partial charge in [0.05, 0.1) is 13.0 Å². The fourth-order valence-electron chi connectivity index (χ4n) is 4.47. The fourth-order valence-corrected chi connectivity index (χ4v) is 4.47. The molecular weight excluding hydrogens is 378 g/mol. The summed E-state index contributed by atoms with van der Waals surface area (Å²) >= 11 is 0. The van der Waals surface area contributed by atoms with Gasteiger partial charge >= 0.3 is 6.01 Å². The molecule has 0 bridgehead atoms. The monoisotopic (exact) mass is 417 g/mol. The average Bonchev–Trinajstić information content (AvgIpc) is 3.04. The first-order valence-corrected chi connectivity index (χ1v) is 11.8. The van der Waals surface area contributed by atoms with Crippen molar-refractivity contribution in [3.05, 3.63) is 5.56 Å². The largest absolute Gasteiger partial charge is 0.463 e. The predicted molar refractivity (Wildman–Crippen MR) is 121 cm³/mol. The maximum absolute atomic E-state index is 12.5. The van der Waals surface area contributed by atoms with E-state index in [0.717, 1.165) is 37.2 Å². The van der Waals surface area contributed by atoms with Crippen LogP contribution in [0.15, 0.2) is 0 Å². The Bertz CT molecular complexity index is 701. The van der Waals surface area contributed by atoms with Crippen LogP contribution in [0.5, 0.6) is 6.01 Å². The van der Waals surface area contributed by atoms with Crippen molar-refractivity contribution < 1.29 is 9.53 Å². The lowest BCUT2D eigenvalue weighted by atomic mass is 9.91. The summed E-state index contributed by atoms with van der Waals surface area (Å²) in [5.41, 5.74) is 6.83. The second-order valence-corrected chi connectivity index (χ2v) is 9.04. The third kappa shape index (κ3) is 5.84. The van der Waals surface area contributed by atoms with Crippen molar-refractivity contribution in [3.8, 4) is 6.01 Å². The van der Waals surface area contributed by atoms with Crippen molar-refractivity contribution in [2.75, 3.05) is 36.9 Å². The quantitative estimate of drug-likeness (QED) is 0.551. The highest BCUT2D eigenvalue weighted by atomic mass is 16.5. The van der Waals surface area contributed by atoms with Gasteiger partial charge in [-0.1, -0.05) is 32.6 Å². The summed E-state index contributed by atoms with van der Waals surface area (Å²) in [5, 5.41) is 0. The molecule has 1 fully saturated rings. The second-order valence-electron chi connectivity index (χ2n) is 9.04. The van der Waals surface area contributed by atoms with Gasteiger partial charge in [-0.05, 0) is 58.5 Å². The molecule has 1 saturated heterocycles. The molecule has 1 aromatic rings. The van der Waals surface area contributed by atoms with Crippen LogP contribution in [-0.2, 0) is 11.2 Å². The van der Waals surface area contributed by atoms with E-state index in [9.17, 15) is 4.79 Å². The van der Waals surface area contributed by atoms with Gasteiger partial charge in [0, 0.05) is 18.2 Å². The lowest BCUT2D eigenvalue weighted by Gasteiger charge is -2.34. The molecule has 0 unspecified atom stereocenters. The van der Waals surface area contributed by atoms with Crippen LogP contribution in [-0.4, -0.2) is 53.1 Å². The number of amides is 1. The lowest BCUT2D eigenvalue weighted by molar-refractivity contribution is -0.117. The van der Waals surface area contributed by atoms with Crippen molar-refractivity contribution in [2.45, 2.75) is 84.6 Å². The molecule has 1 amide bonds. The number of piperidine rings is 1. The molecule has 0 spiro atoms. The van der Waals surface area contributed by atoms with Gasteiger partial charge < -0.3 is 15.4 Å². The first-order chi connectivity index (χ1) is 14.5. The van der Waals surface area contributed by atoms with Crippen LogP contribution in [0.4, 0.5) is 11.6 Å². The van der Waals surface area contributed by atoms with Gasteiger partial charge in [0.15, 0.2) is 0 Å². The molecule has 0 saturated carbocycles. The molecule has 0 aliphatic carbocycles. The molecule has 1 aromatic heterocycles. The number of fused-ring (bicyclic) bond motifs is 1. The predicted octanol–water partition coefficient (Wildman–Crippen LogP) is 3.81. The number of nitrogens with two attached hydrogens (primary N) is 1. The van der Waals surface area contributed by atoms with Crippen LogP contribution >= 0.6 is 0 Å². The molecule has 30 heavy (non-hydrogen) atoms. The number of aromatic nitrogens is 2. The number of unbranched alkanes of at least 4 members (excludes halogenated alkanes) is 3. The van der Waals surface area contributed by atoms with E-state index >= 15 is 0 Å². The molecule has 2 aliphatic heterocycles. The zero-order valence-electron chi connectivity index (χ0n) is 19.0. The summed E-state index contributed by atoms with van der Waals surface area (Å²) in [6.45, 7) is 10.4. The highest BCUT2D eigenvalue weighted by Gasteiger charge is 2.31. The molecule has 3 rings (SSSR count). The van der Waals surface area contributed by atoms with Crippen LogP contribution in [0, 0.1) is 5.92 Å². The Morgan fingerprint density at radius 1 is 1.13 bits per heavy atom. The van der Waals surface area contributed by atoms with Gasteiger partial charge in [0.25, 0.3) is 0 Å². The topological polar surface area (TPSA) is 84.6 Å². The van der Waals surface area contributed by atoms with Gasteiger partial charge in [-0.25, -0.2) is 0 Å². The van der Waals surface area contributed by atoms with E-state index in [2.05, 4.69) is 35.6 Å². The van der Waals surface area contributed by atoms with E-state index in [1.165, 1.54) is 38.8 Å². The molecule has 0 aromatic carbocycles. The van der Waals surface area contributed by atoms with Gasteiger partial charge in [-0.2, -0.15) is 9.97 Å².